The maximum Gasteiger partial charge on any atom is 0.319 e. The third-order valence-electron chi connectivity index (χ3n) is 4.64. The van der Waals surface area contributed by atoms with Gasteiger partial charge in [0.05, 0.1) is 19.1 Å². The zero-order chi connectivity index (χ0) is 14.6. The van der Waals surface area contributed by atoms with Crippen LogP contribution in [0.5, 0.6) is 0 Å². The van der Waals surface area contributed by atoms with E-state index in [1.165, 1.54) is 7.11 Å². The summed E-state index contributed by atoms with van der Waals surface area (Å²) in [7, 11) is 1.40. The normalized spacial score (nSPS) is 21.7. The fourth-order valence-corrected chi connectivity index (χ4v) is 3.25. The monoisotopic (exact) mass is 319 g/mol. The van der Waals surface area contributed by atoms with E-state index < -0.39 is 0 Å². The molecule has 0 atom stereocenters. The zero-order valence-electron chi connectivity index (χ0n) is 12.7. The molecule has 6 nitrogen and oxygen atoms in total. The molecule has 2 aliphatic rings. The highest BCUT2D eigenvalue weighted by Gasteiger charge is 2.42. The van der Waals surface area contributed by atoms with Crippen LogP contribution in [0, 0.1) is 5.41 Å². The maximum atomic E-state index is 12.7. The van der Waals surface area contributed by atoms with Gasteiger partial charge in [-0.2, -0.15) is 0 Å². The SMILES string of the molecule is COC(=O)CN1CCN(C(=O)C2(CN)CCCC2)CC1.Cl. The number of amides is 1. The lowest BCUT2D eigenvalue weighted by atomic mass is 9.84. The zero-order valence-corrected chi connectivity index (χ0v) is 13.5. The summed E-state index contributed by atoms with van der Waals surface area (Å²) >= 11 is 0. The Labute approximate surface area is 132 Å². The molecule has 1 saturated carbocycles. The van der Waals surface area contributed by atoms with Crippen molar-refractivity contribution in [1.82, 2.24) is 9.80 Å². The van der Waals surface area contributed by atoms with Gasteiger partial charge in [0, 0.05) is 32.7 Å². The number of piperazine rings is 1. The van der Waals surface area contributed by atoms with Crippen molar-refractivity contribution < 1.29 is 14.3 Å². The van der Waals surface area contributed by atoms with Crippen molar-refractivity contribution in [3.8, 4) is 0 Å². The second kappa shape index (κ2) is 7.96. The Hall–Kier alpha value is -0.850. The van der Waals surface area contributed by atoms with Crippen LogP contribution in [-0.4, -0.2) is 68.1 Å². The summed E-state index contributed by atoms with van der Waals surface area (Å²) in [4.78, 5) is 27.9. The summed E-state index contributed by atoms with van der Waals surface area (Å²) in [5, 5.41) is 0. The lowest BCUT2D eigenvalue weighted by Gasteiger charge is -2.39. The molecule has 0 unspecified atom stereocenters. The van der Waals surface area contributed by atoms with Crippen LogP contribution in [0.2, 0.25) is 0 Å². The first kappa shape index (κ1) is 18.2. The molecular formula is C14H26ClN3O3. The number of hydrogen-bond acceptors (Lipinski definition) is 5. The van der Waals surface area contributed by atoms with Gasteiger partial charge in [0.1, 0.15) is 0 Å². The molecule has 2 N–H and O–H groups in total. The fraction of sp³-hybridized carbons (Fsp3) is 0.857. The Morgan fingerprint density at radius 1 is 1.14 bits per heavy atom. The predicted molar refractivity (Wildman–Crippen MR) is 82.2 cm³/mol. The van der Waals surface area contributed by atoms with Gasteiger partial charge in [-0.1, -0.05) is 12.8 Å². The van der Waals surface area contributed by atoms with E-state index in [4.69, 9.17) is 5.73 Å². The van der Waals surface area contributed by atoms with Crippen LogP contribution >= 0.6 is 12.4 Å². The van der Waals surface area contributed by atoms with Crippen LogP contribution < -0.4 is 5.73 Å². The number of carbonyl (C=O) groups excluding carboxylic acids is 2. The number of nitrogens with two attached hydrogens (primary N) is 1. The van der Waals surface area contributed by atoms with Gasteiger partial charge >= 0.3 is 5.97 Å². The van der Waals surface area contributed by atoms with Crippen LogP contribution in [0.15, 0.2) is 0 Å². The van der Waals surface area contributed by atoms with Gasteiger partial charge in [-0.3, -0.25) is 14.5 Å². The number of ether oxygens (including phenoxy) is 1. The molecule has 2 fully saturated rings. The standard InChI is InChI=1S/C14H25N3O3.ClH/c1-20-12(18)10-16-6-8-17(9-7-16)13(19)14(11-15)4-2-3-5-14;/h2-11,15H2,1H3;1H. The lowest BCUT2D eigenvalue weighted by molar-refractivity contribution is -0.145. The summed E-state index contributed by atoms with van der Waals surface area (Å²) in [5.41, 5.74) is 5.55. The van der Waals surface area contributed by atoms with Crippen LogP contribution in [-0.2, 0) is 14.3 Å². The van der Waals surface area contributed by atoms with E-state index >= 15 is 0 Å². The summed E-state index contributed by atoms with van der Waals surface area (Å²) in [5.74, 6) is -0.00536. The van der Waals surface area contributed by atoms with E-state index in [1.54, 1.807) is 0 Å². The van der Waals surface area contributed by atoms with Crippen molar-refractivity contribution in [2.75, 3.05) is 46.4 Å². The first-order valence-electron chi connectivity index (χ1n) is 7.40. The predicted octanol–water partition coefficient (Wildman–Crippen LogP) is 0.245. The molecule has 2 rings (SSSR count). The molecule has 1 saturated heterocycles. The van der Waals surface area contributed by atoms with Gasteiger partial charge in [0.25, 0.3) is 0 Å². The first-order valence-corrected chi connectivity index (χ1v) is 7.40. The molecule has 122 valence electrons. The highest BCUT2D eigenvalue weighted by atomic mass is 35.5. The third-order valence-corrected chi connectivity index (χ3v) is 4.64. The van der Waals surface area contributed by atoms with Gasteiger partial charge in [-0.25, -0.2) is 0 Å². The average Bonchev–Trinajstić information content (AvgIpc) is 2.97. The maximum absolute atomic E-state index is 12.7. The summed E-state index contributed by atoms with van der Waals surface area (Å²) in [6.45, 7) is 3.56. The van der Waals surface area contributed by atoms with Crippen LogP contribution in [0.25, 0.3) is 0 Å². The van der Waals surface area contributed by atoms with Crippen molar-refractivity contribution in [1.29, 1.82) is 0 Å². The minimum atomic E-state index is -0.315. The second-order valence-corrected chi connectivity index (χ2v) is 5.84. The summed E-state index contributed by atoms with van der Waals surface area (Å²) in [6, 6.07) is 0. The molecule has 0 aromatic rings. The molecule has 1 aliphatic heterocycles. The molecular weight excluding hydrogens is 294 g/mol. The van der Waals surface area contributed by atoms with Crippen molar-refractivity contribution in [3.63, 3.8) is 0 Å². The van der Waals surface area contributed by atoms with Gasteiger partial charge in [-0.15, -0.1) is 12.4 Å². The average molecular weight is 320 g/mol. The third kappa shape index (κ3) is 4.08. The molecule has 0 spiro atoms. The van der Waals surface area contributed by atoms with Crippen LogP contribution in [0.3, 0.4) is 0 Å². The number of halogens is 1. The minimum absolute atomic E-state index is 0. The topological polar surface area (TPSA) is 75.9 Å². The lowest BCUT2D eigenvalue weighted by Crippen LogP contribution is -2.55. The van der Waals surface area contributed by atoms with E-state index in [0.717, 1.165) is 38.8 Å². The molecule has 0 radical (unpaired) electrons. The number of esters is 1. The Balaban J connectivity index is 0.00000220. The second-order valence-electron chi connectivity index (χ2n) is 5.84. The van der Waals surface area contributed by atoms with E-state index in [1.807, 2.05) is 9.80 Å². The molecule has 7 heteroatoms. The quantitative estimate of drug-likeness (QED) is 0.752. The Bertz CT molecular complexity index is 364. The van der Waals surface area contributed by atoms with Crippen molar-refractivity contribution in [2.45, 2.75) is 25.7 Å². The molecule has 0 aromatic carbocycles. The Morgan fingerprint density at radius 3 is 2.19 bits per heavy atom. The van der Waals surface area contributed by atoms with Gasteiger partial charge in [-0.05, 0) is 12.8 Å². The molecule has 0 bridgehead atoms. The van der Waals surface area contributed by atoms with Crippen molar-refractivity contribution in [2.24, 2.45) is 11.1 Å². The molecule has 1 amide bonds. The number of rotatable bonds is 4. The highest BCUT2D eigenvalue weighted by Crippen LogP contribution is 2.38. The van der Waals surface area contributed by atoms with Crippen molar-refractivity contribution >= 4 is 24.3 Å². The molecule has 21 heavy (non-hydrogen) atoms. The Morgan fingerprint density at radius 2 is 1.71 bits per heavy atom. The summed E-state index contributed by atoms with van der Waals surface area (Å²) < 4.78 is 4.66. The van der Waals surface area contributed by atoms with Gasteiger partial charge < -0.3 is 15.4 Å². The summed E-state index contributed by atoms with van der Waals surface area (Å²) in [6.07, 6.45) is 4.05. The Kier molecular flexibility index (Phi) is 6.90. The van der Waals surface area contributed by atoms with Gasteiger partial charge in [0.15, 0.2) is 0 Å². The number of hydrogen-bond donors (Lipinski definition) is 1. The van der Waals surface area contributed by atoms with E-state index in [-0.39, 0.29) is 29.7 Å². The van der Waals surface area contributed by atoms with Gasteiger partial charge in [0.2, 0.25) is 5.91 Å². The molecule has 0 aromatic heterocycles. The van der Waals surface area contributed by atoms with E-state index in [9.17, 15) is 9.59 Å². The molecule has 1 aliphatic carbocycles. The van der Waals surface area contributed by atoms with Crippen LogP contribution in [0.4, 0.5) is 0 Å². The number of carbonyl (C=O) groups is 2. The van der Waals surface area contributed by atoms with Crippen molar-refractivity contribution in [3.05, 3.63) is 0 Å². The largest absolute Gasteiger partial charge is 0.468 e. The molecule has 1 heterocycles. The highest BCUT2D eigenvalue weighted by molar-refractivity contribution is 5.85. The van der Waals surface area contributed by atoms with E-state index in [0.29, 0.717) is 26.2 Å². The number of nitrogens with zero attached hydrogens (tertiary/aromatic N) is 2. The number of methoxy groups -OCH3 is 1. The smallest absolute Gasteiger partial charge is 0.319 e. The minimum Gasteiger partial charge on any atom is -0.468 e. The first-order chi connectivity index (χ1) is 9.61. The van der Waals surface area contributed by atoms with E-state index in [2.05, 4.69) is 4.74 Å². The fourth-order valence-electron chi connectivity index (χ4n) is 3.25. The van der Waals surface area contributed by atoms with Crippen LogP contribution in [0.1, 0.15) is 25.7 Å².